The monoisotopic (exact) mass is 260 g/mol. The smallest absolute Gasteiger partial charge is 0.248 e. The average Bonchev–Trinajstić information content (AvgIpc) is 2.28. The summed E-state index contributed by atoms with van der Waals surface area (Å²) in [6, 6.07) is 0.156. The summed E-state index contributed by atoms with van der Waals surface area (Å²) in [5.41, 5.74) is 0. The van der Waals surface area contributed by atoms with Crippen molar-refractivity contribution in [1.29, 1.82) is 0 Å². The highest BCUT2D eigenvalue weighted by molar-refractivity contribution is 5.79. The van der Waals surface area contributed by atoms with Crippen LogP contribution in [-0.4, -0.2) is 31.0 Å². The van der Waals surface area contributed by atoms with Crippen molar-refractivity contribution in [3.8, 4) is 0 Å². The molecule has 2 N–H and O–H groups in total. The highest BCUT2D eigenvalue weighted by Crippen LogP contribution is 2.36. The molecule has 104 valence electrons. The SMILES string of the molecule is CC1CNCC(NC(=O)C2CCC(F)(F)CC2)C1. The van der Waals surface area contributed by atoms with Gasteiger partial charge in [0.25, 0.3) is 0 Å². The Bertz CT molecular complexity index is 299. The molecule has 1 saturated heterocycles. The number of hydrogen-bond donors (Lipinski definition) is 2. The highest BCUT2D eigenvalue weighted by atomic mass is 19.3. The van der Waals surface area contributed by atoms with Crippen molar-refractivity contribution in [2.24, 2.45) is 11.8 Å². The van der Waals surface area contributed by atoms with E-state index in [0.717, 1.165) is 19.5 Å². The predicted octanol–water partition coefficient (Wildman–Crippen LogP) is 1.93. The fourth-order valence-corrected chi connectivity index (χ4v) is 2.89. The van der Waals surface area contributed by atoms with Crippen LogP contribution in [0.25, 0.3) is 0 Å². The van der Waals surface area contributed by atoms with Crippen molar-refractivity contribution in [3.63, 3.8) is 0 Å². The highest BCUT2D eigenvalue weighted by Gasteiger charge is 2.37. The van der Waals surface area contributed by atoms with Crippen molar-refractivity contribution in [3.05, 3.63) is 0 Å². The maximum Gasteiger partial charge on any atom is 0.248 e. The zero-order chi connectivity index (χ0) is 13.2. The molecule has 2 unspecified atom stereocenters. The van der Waals surface area contributed by atoms with Crippen molar-refractivity contribution >= 4 is 5.91 Å². The van der Waals surface area contributed by atoms with E-state index in [-0.39, 0.29) is 30.7 Å². The Morgan fingerprint density at radius 3 is 2.56 bits per heavy atom. The van der Waals surface area contributed by atoms with E-state index in [1.165, 1.54) is 0 Å². The largest absolute Gasteiger partial charge is 0.352 e. The molecule has 2 atom stereocenters. The molecule has 0 spiro atoms. The summed E-state index contributed by atoms with van der Waals surface area (Å²) in [4.78, 5) is 12.0. The van der Waals surface area contributed by atoms with E-state index in [9.17, 15) is 13.6 Å². The van der Waals surface area contributed by atoms with Gasteiger partial charge in [-0.1, -0.05) is 6.92 Å². The molecule has 1 amide bonds. The quantitative estimate of drug-likeness (QED) is 0.796. The summed E-state index contributed by atoms with van der Waals surface area (Å²) in [6.07, 6.45) is 1.31. The van der Waals surface area contributed by atoms with Gasteiger partial charge < -0.3 is 10.6 Å². The number of carbonyl (C=O) groups is 1. The molecule has 2 aliphatic rings. The maximum atomic E-state index is 13.0. The topological polar surface area (TPSA) is 41.1 Å². The second-order valence-corrected chi connectivity index (χ2v) is 5.83. The van der Waals surface area contributed by atoms with Crippen LogP contribution in [0.15, 0.2) is 0 Å². The fraction of sp³-hybridized carbons (Fsp3) is 0.923. The Hall–Kier alpha value is -0.710. The third kappa shape index (κ3) is 3.64. The molecule has 0 aromatic rings. The van der Waals surface area contributed by atoms with Gasteiger partial charge in [0, 0.05) is 31.3 Å². The molecule has 0 aromatic carbocycles. The summed E-state index contributed by atoms with van der Waals surface area (Å²) < 4.78 is 26.0. The number of rotatable bonds is 2. The van der Waals surface area contributed by atoms with Gasteiger partial charge in [-0.05, 0) is 31.7 Å². The van der Waals surface area contributed by atoms with Gasteiger partial charge in [0.2, 0.25) is 11.8 Å². The normalized spacial score (nSPS) is 33.1. The fourth-order valence-electron chi connectivity index (χ4n) is 2.89. The Morgan fingerprint density at radius 2 is 1.94 bits per heavy atom. The molecule has 0 radical (unpaired) electrons. The first-order valence-corrected chi connectivity index (χ1v) is 6.85. The Kier molecular flexibility index (Phi) is 4.20. The molecule has 18 heavy (non-hydrogen) atoms. The molecule has 3 nitrogen and oxygen atoms in total. The molecule has 2 rings (SSSR count). The third-order valence-electron chi connectivity index (χ3n) is 4.00. The average molecular weight is 260 g/mol. The number of nitrogens with one attached hydrogen (secondary N) is 2. The lowest BCUT2D eigenvalue weighted by Gasteiger charge is -2.32. The minimum Gasteiger partial charge on any atom is -0.352 e. The lowest BCUT2D eigenvalue weighted by molar-refractivity contribution is -0.130. The van der Waals surface area contributed by atoms with Crippen molar-refractivity contribution in [2.45, 2.75) is 51.0 Å². The molecule has 1 saturated carbocycles. The molecular formula is C13H22F2N2O. The van der Waals surface area contributed by atoms with Crippen LogP contribution in [0, 0.1) is 11.8 Å². The first-order chi connectivity index (χ1) is 8.46. The summed E-state index contributed by atoms with van der Waals surface area (Å²) in [6.45, 7) is 3.92. The molecule has 5 heteroatoms. The molecule has 1 aliphatic carbocycles. The van der Waals surface area contributed by atoms with E-state index in [2.05, 4.69) is 17.6 Å². The van der Waals surface area contributed by atoms with E-state index >= 15 is 0 Å². The lowest BCUT2D eigenvalue weighted by atomic mass is 9.86. The second kappa shape index (κ2) is 5.51. The van der Waals surface area contributed by atoms with E-state index in [4.69, 9.17) is 0 Å². The van der Waals surface area contributed by atoms with E-state index < -0.39 is 5.92 Å². The summed E-state index contributed by atoms with van der Waals surface area (Å²) in [5, 5.41) is 6.27. The van der Waals surface area contributed by atoms with Gasteiger partial charge >= 0.3 is 0 Å². The van der Waals surface area contributed by atoms with Gasteiger partial charge in [0.05, 0.1) is 0 Å². The van der Waals surface area contributed by atoms with Crippen LogP contribution in [0.3, 0.4) is 0 Å². The first kappa shape index (κ1) is 13.7. The zero-order valence-corrected chi connectivity index (χ0v) is 10.8. The van der Waals surface area contributed by atoms with Gasteiger partial charge in [-0.3, -0.25) is 4.79 Å². The molecule has 0 bridgehead atoms. The maximum absolute atomic E-state index is 13.0. The number of hydrogen-bond acceptors (Lipinski definition) is 2. The van der Waals surface area contributed by atoms with E-state index in [1.807, 2.05) is 0 Å². The van der Waals surface area contributed by atoms with Gasteiger partial charge in [0.1, 0.15) is 0 Å². The number of carbonyl (C=O) groups excluding carboxylic acids is 1. The number of alkyl halides is 2. The minimum absolute atomic E-state index is 0.0357. The molecule has 1 aliphatic heterocycles. The van der Waals surface area contributed by atoms with Crippen LogP contribution < -0.4 is 10.6 Å². The number of halogens is 2. The zero-order valence-electron chi connectivity index (χ0n) is 10.8. The van der Waals surface area contributed by atoms with E-state index in [0.29, 0.717) is 18.8 Å². The first-order valence-electron chi connectivity index (χ1n) is 6.85. The van der Waals surface area contributed by atoms with E-state index in [1.54, 1.807) is 0 Å². The van der Waals surface area contributed by atoms with Crippen LogP contribution in [-0.2, 0) is 4.79 Å². The number of piperidine rings is 1. The standard InChI is InChI=1S/C13H22F2N2O/c1-9-6-11(8-16-7-9)17-12(18)10-2-4-13(14,15)5-3-10/h9-11,16H,2-8H2,1H3,(H,17,18). The van der Waals surface area contributed by atoms with Crippen LogP contribution in [0.1, 0.15) is 39.0 Å². The van der Waals surface area contributed by atoms with Gasteiger partial charge in [-0.25, -0.2) is 8.78 Å². The molecular weight excluding hydrogens is 238 g/mol. The van der Waals surface area contributed by atoms with Crippen molar-refractivity contribution in [2.75, 3.05) is 13.1 Å². The van der Waals surface area contributed by atoms with Gasteiger partial charge in [0.15, 0.2) is 0 Å². The summed E-state index contributed by atoms with van der Waals surface area (Å²) in [7, 11) is 0. The Morgan fingerprint density at radius 1 is 1.28 bits per heavy atom. The van der Waals surface area contributed by atoms with Crippen LogP contribution in [0.5, 0.6) is 0 Å². The molecule has 2 fully saturated rings. The summed E-state index contributed by atoms with van der Waals surface area (Å²) >= 11 is 0. The third-order valence-corrected chi connectivity index (χ3v) is 4.00. The molecule has 0 aromatic heterocycles. The Labute approximate surface area is 107 Å². The van der Waals surface area contributed by atoms with Crippen LogP contribution in [0.2, 0.25) is 0 Å². The number of amides is 1. The minimum atomic E-state index is -2.56. The predicted molar refractivity (Wildman–Crippen MR) is 65.5 cm³/mol. The van der Waals surface area contributed by atoms with Crippen LogP contribution >= 0.6 is 0 Å². The van der Waals surface area contributed by atoms with Gasteiger partial charge in [-0.15, -0.1) is 0 Å². The molecule has 1 heterocycles. The van der Waals surface area contributed by atoms with Crippen LogP contribution in [0.4, 0.5) is 8.78 Å². The van der Waals surface area contributed by atoms with Gasteiger partial charge in [-0.2, -0.15) is 0 Å². The lowest BCUT2D eigenvalue weighted by Crippen LogP contribution is -2.50. The van der Waals surface area contributed by atoms with Crippen molar-refractivity contribution in [1.82, 2.24) is 10.6 Å². The van der Waals surface area contributed by atoms with Crippen molar-refractivity contribution < 1.29 is 13.6 Å². The summed E-state index contributed by atoms with van der Waals surface area (Å²) in [5.74, 6) is -2.26. The Balaban J connectivity index is 1.78. The second-order valence-electron chi connectivity index (χ2n) is 5.83.